The minimum absolute atomic E-state index is 0.0432. The topological polar surface area (TPSA) is 74.5 Å². The highest BCUT2D eigenvalue weighted by molar-refractivity contribution is 5.80. The zero-order valence-electron chi connectivity index (χ0n) is 17.7. The zero-order valence-corrected chi connectivity index (χ0v) is 17.7. The molecule has 7 nitrogen and oxygen atoms in total. The van der Waals surface area contributed by atoms with Crippen LogP contribution in [0.5, 0.6) is 0 Å². The lowest BCUT2D eigenvalue weighted by molar-refractivity contribution is -0.119. The third-order valence-corrected chi connectivity index (χ3v) is 6.65. The van der Waals surface area contributed by atoms with Gasteiger partial charge in [-0.25, -0.2) is 0 Å². The molecule has 3 aliphatic heterocycles. The van der Waals surface area contributed by atoms with Gasteiger partial charge in [-0.15, -0.1) is 0 Å². The monoisotopic (exact) mass is 417 g/mol. The van der Waals surface area contributed by atoms with Gasteiger partial charge in [0.05, 0.1) is 0 Å². The average Bonchev–Trinajstić information content (AvgIpc) is 3.22. The summed E-state index contributed by atoms with van der Waals surface area (Å²) in [5.74, 6) is 0.803. The zero-order chi connectivity index (χ0) is 21.3. The molecule has 0 bridgehead atoms. The number of amides is 1. The molecule has 1 aromatic heterocycles. The highest BCUT2D eigenvalue weighted by Gasteiger charge is 2.48. The maximum atomic E-state index is 12.3. The van der Waals surface area contributed by atoms with Gasteiger partial charge in [-0.1, -0.05) is 35.5 Å². The van der Waals surface area contributed by atoms with Crippen LogP contribution in [0, 0.1) is 12.3 Å². The maximum absolute atomic E-state index is 12.3. The Balaban J connectivity index is 1.26. The van der Waals surface area contributed by atoms with E-state index in [1.54, 1.807) is 6.92 Å². The Kier molecular flexibility index (Phi) is 5.10. The lowest BCUT2D eigenvalue weighted by Gasteiger charge is -2.43. The summed E-state index contributed by atoms with van der Waals surface area (Å²) in [6.45, 7) is 3.67. The SMILES string of the molecule is Cc1noc(N2C=CC=C(N3CCC4(CC3)CC(=O)NC4Cc3ccccc3)C=C2)n1. The van der Waals surface area contributed by atoms with E-state index >= 15 is 0 Å². The number of anilines is 1. The van der Waals surface area contributed by atoms with E-state index in [1.165, 1.54) is 5.56 Å². The Hall–Kier alpha value is -3.35. The molecule has 1 aromatic carbocycles. The Labute approximate surface area is 182 Å². The lowest BCUT2D eigenvalue weighted by Crippen LogP contribution is -2.46. The number of benzene rings is 1. The van der Waals surface area contributed by atoms with Crippen LogP contribution in [0.25, 0.3) is 0 Å². The van der Waals surface area contributed by atoms with E-state index in [1.807, 2.05) is 29.4 Å². The Morgan fingerprint density at radius 1 is 1.19 bits per heavy atom. The van der Waals surface area contributed by atoms with Crippen LogP contribution in [-0.2, 0) is 11.2 Å². The number of nitrogens with zero attached hydrogens (tertiary/aromatic N) is 4. The number of hydrogen-bond donors (Lipinski definition) is 1. The first kappa shape index (κ1) is 19.6. The van der Waals surface area contributed by atoms with E-state index in [9.17, 15) is 4.79 Å². The molecule has 1 N–H and O–H groups in total. The number of nitrogens with one attached hydrogen (secondary N) is 1. The molecule has 160 valence electrons. The third-order valence-electron chi connectivity index (χ3n) is 6.65. The molecule has 7 heteroatoms. The minimum Gasteiger partial charge on any atom is -0.371 e. The van der Waals surface area contributed by atoms with Crippen molar-refractivity contribution in [1.29, 1.82) is 0 Å². The molecule has 0 saturated carbocycles. The number of carbonyl (C=O) groups is 1. The molecule has 0 radical (unpaired) electrons. The van der Waals surface area contributed by atoms with Gasteiger partial charge in [0.1, 0.15) is 0 Å². The third kappa shape index (κ3) is 4.00. The average molecular weight is 418 g/mol. The number of allylic oxidation sites excluding steroid dienone is 3. The largest absolute Gasteiger partial charge is 0.371 e. The van der Waals surface area contributed by atoms with E-state index < -0.39 is 0 Å². The van der Waals surface area contributed by atoms with Crippen LogP contribution in [0.1, 0.15) is 30.7 Å². The summed E-state index contributed by atoms with van der Waals surface area (Å²) in [6, 6.07) is 11.1. The molecule has 1 amide bonds. The molecule has 5 rings (SSSR count). The molecule has 1 atom stereocenters. The van der Waals surface area contributed by atoms with E-state index in [4.69, 9.17) is 4.52 Å². The summed E-state index contributed by atoms with van der Waals surface area (Å²) >= 11 is 0. The molecular weight excluding hydrogens is 390 g/mol. The predicted molar refractivity (Wildman–Crippen MR) is 118 cm³/mol. The summed E-state index contributed by atoms with van der Waals surface area (Å²) in [4.78, 5) is 20.8. The quantitative estimate of drug-likeness (QED) is 0.823. The van der Waals surface area contributed by atoms with Crippen LogP contribution in [0.4, 0.5) is 6.01 Å². The van der Waals surface area contributed by atoms with Gasteiger partial charge in [0.25, 0.3) is 0 Å². The van der Waals surface area contributed by atoms with Crippen molar-refractivity contribution >= 4 is 11.9 Å². The van der Waals surface area contributed by atoms with Crippen LogP contribution in [0.2, 0.25) is 0 Å². The van der Waals surface area contributed by atoms with Gasteiger partial charge < -0.3 is 14.7 Å². The summed E-state index contributed by atoms with van der Waals surface area (Å²) < 4.78 is 5.26. The fourth-order valence-electron chi connectivity index (χ4n) is 4.92. The second-order valence-electron chi connectivity index (χ2n) is 8.62. The van der Waals surface area contributed by atoms with Crippen molar-refractivity contribution in [2.75, 3.05) is 18.0 Å². The number of carbonyl (C=O) groups excluding carboxylic acids is 1. The highest BCUT2D eigenvalue weighted by Crippen LogP contribution is 2.44. The van der Waals surface area contributed by atoms with Gasteiger partial charge in [-0.3, -0.25) is 9.69 Å². The number of aromatic nitrogens is 2. The smallest absolute Gasteiger partial charge is 0.332 e. The van der Waals surface area contributed by atoms with E-state index in [0.29, 0.717) is 18.3 Å². The maximum Gasteiger partial charge on any atom is 0.332 e. The van der Waals surface area contributed by atoms with Crippen LogP contribution in [0.15, 0.2) is 71.2 Å². The van der Waals surface area contributed by atoms with Crippen LogP contribution in [0.3, 0.4) is 0 Å². The second-order valence-corrected chi connectivity index (χ2v) is 8.62. The lowest BCUT2D eigenvalue weighted by atomic mass is 9.70. The first-order valence-corrected chi connectivity index (χ1v) is 10.8. The molecule has 0 aliphatic carbocycles. The molecular formula is C24H27N5O2. The first-order chi connectivity index (χ1) is 15.1. The van der Waals surface area contributed by atoms with Crippen molar-refractivity contribution < 1.29 is 9.32 Å². The Bertz CT molecular complexity index is 1030. The van der Waals surface area contributed by atoms with E-state index in [2.05, 4.69) is 56.8 Å². The molecule has 31 heavy (non-hydrogen) atoms. The molecule has 1 spiro atoms. The van der Waals surface area contributed by atoms with E-state index in [0.717, 1.165) is 38.0 Å². The normalized spacial score (nSPS) is 22.5. The molecule has 2 saturated heterocycles. The number of rotatable bonds is 4. The van der Waals surface area contributed by atoms with E-state index in [-0.39, 0.29) is 17.4 Å². The van der Waals surface area contributed by atoms with Crippen molar-refractivity contribution in [3.63, 3.8) is 0 Å². The minimum atomic E-state index is 0.0432. The Morgan fingerprint density at radius 2 is 2.00 bits per heavy atom. The molecule has 2 aromatic rings. The molecule has 4 heterocycles. The van der Waals surface area contributed by atoms with Gasteiger partial charge in [-0.2, -0.15) is 4.98 Å². The first-order valence-electron chi connectivity index (χ1n) is 10.8. The van der Waals surface area contributed by atoms with Crippen molar-refractivity contribution in [2.45, 2.75) is 38.6 Å². The number of hydrogen-bond acceptors (Lipinski definition) is 6. The van der Waals surface area contributed by atoms with Crippen molar-refractivity contribution in [2.24, 2.45) is 5.41 Å². The summed E-state index contributed by atoms with van der Waals surface area (Å²) in [5, 5.41) is 7.12. The van der Waals surface area contributed by atoms with Crippen molar-refractivity contribution in [3.8, 4) is 0 Å². The Morgan fingerprint density at radius 3 is 2.74 bits per heavy atom. The van der Waals surface area contributed by atoms with Crippen molar-refractivity contribution in [3.05, 3.63) is 78.0 Å². The van der Waals surface area contributed by atoms with Gasteiger partial charge in [0.15, 0.2) is 5.82 Å². The highest BCUT2D eigenvalue weighted by atomic mass is 16.5. The summed E-state index contributed by atoms with van der Waals surface area (Å²) in [6.07, 6.45) is 13.6. The molecule has 2 fully saturated rings. The van der Waals surface area contributed by atoms with Crippen LogP contribution < -0.4 is 10.2 Å². The fourth-order valence-corrected chi connectivity index (χ4v) is 4.92. The number of aryl methyl sites for hydroxylation is 1. The second kappa shape index (κ2) is 8.06. The van der Waals surface area contributed by atoms with Gasteiger partial charge in [0.2, 0.25) is 5.91 Å². The van der Waals surface area contributed by atoms with Gasteiger partial charge in [0, 0.05) is 49.1 Å². The molecule has 3 aliphatic rings. The van der Waals surface area contributed by atoms with Crippen LogP contribution >= 0.6 is 0 Å². The molecule has 1 unspecified atom stereocenters. The van der Waals surface area contributed by atoms with Gasteiger partial charge in [-0.05, 0) is 50.0 Å². The van der Waals surface area contributed by atoms with Crippen LogP contribution in [-0.4, -0.2) is 40.1 Å². The number of likely N-dealkylation sites (tertiary alicyclic amines) is 1. The fraction of sp³-hybridized carbons (Fsp3) is 0.375. The standard InChI is InChI=1S/C24H27N5O2/c1-18-25-23(31-27-18)29-12-5-8-20(9-13-29)28-14-10-24(11-15-28)17-22(30)26-21(24)16-19-6-3-2-4-7-19/h2-9,12-13,21H,10-11,14-17H2,1H3,(H,26,30). The summed E-state index contributed by atoms with van der Waals surface area (Å²) in [7, 11) is 0. The number of piperidine rings is 1. The summed E-state index contributed by atoms with van der Waals surface area (Å²) in [5.41, 5.74) is 2.48. The predicted octanol–water partition coefficient (Wildman–Crippen LogP) is 3.32. The van der Waals surface area contributed by atoms with Crippen molar-refractivity contribution in [1.82, 2.24) is 20.4 Å². The van der Waals surface area contributed by atoms with Gasteiger partial charge >= 0.3 is 6.01 Å².